The van der Waals surface area contributed by atoms with Gasteiger partial charge in [0.05, 0.1) is 11.3 Å². The molecule has 1 unspecified atom stereocenters. The Hall–Kier alpha value is -1.86. The summed E-state index contributed by atoms with van der Waals surface area (Å²) in [5.41, 5.74) is 6.52. The molecule has 4 nitrogen and oxygen atoms in total. The molecule has 0 aromatic heterocycles. The summed E-state index contributed by atoms with van der Waals surface area (Å²) in [7, 11) is 0. The molecule has 0 heterocycles. The molecule has 1 aromatic rings. The highest BCUT2D eigenvalue weighted by molar-refractivity contribution is 5.93. The summed E-state index contributed by atoms with van der Waals surface area (Å²) in [6.07, 6.45) is 2.40. The molecule has 0 fully saturated rings. The van der Waals surface area contributed by atoms with Crippen molar-refractivity contribution in [2.75, 3.05) is 11.9 Å². The van der Waals surface area contributed by atoms with Crippen molar-refractivity contribution >= 4 is 11.6 Å². The maximum atomic E-state index is 12.1. The van der Waals surface area contributed by atoms with Gasteiger partial charge in [-0.1, -0.05) is 19.1 Å². The molecule has 0 spiro atoms. The molecule has 0 aliphatic carbocycles. The zero-order valence-corrected chi connectivity index (χ0v) is 10.6. The average molecular weight is 245 g/mol. The molecular weight excluding hydrogens is 226 g/mol. The van der Waals surface area contributed by atoms with E-state index in [9.17, 15) is 4.79 Å². The van der Waals surface area contributed by atoms with E-state index in [0.29, 0.717) is 17.8 Å². The second kappa shape index (κ2) is 7.46. The molecule has 18 heavy (non-hydrogen) atoms. The fourth-order valence-corrected chi connectivity index (χ4v) is 1.81. The molecule has 0 aliphatic heterocycles. The summed E-state index contributed by atoms with van der Waals surface area (Å²) in [6.45, 7) is 2.58. The van der Waals surface area contributed by atoms with Gasteiger partial charge in [-0.05, 0) is 37.9 Å². The minimum atomic E-state index is -0.0414. The van der Waals surface area contributed by atoms with E-state index >= 15 is 0 Å². The van der Waals surface area contributed by atoms with Gasteiger partial charge in [0.2, 0.25) is 5.91 Å². The van der Waals surface area contributed by atoms with E-state index in [0.717, 1.165) is 19.3 Å². The molecule has 1 amide bonds. The van der Waals surface area contributed by atoms with Crippen molar-refractivity contribution in [2.45, 2.75) is 26.2 Å². The quantitative estimate of drug-likeness (QED) is 0.806. The van der Waals surface area contributed by atoms with Crippen molar-refractivity contribution in [3.63, 3.8) is 0 Å². The Balaban J connectivity index is 2.71. The molecular formula is C14H19N3O. The van der Waals surface area contributed by atoms with Crippen LogP contribution < -0.4 is 11.1 Å². The zero-order valence-electron chi connectivity index (χ0n) is 10.6. The molecule has 0 bridgehead atoms. The fourth-order valence-electron chi connectivity index (χ4n) is 1.81. The zero-order chi connectivity index (χ0) is 13.4. The number of hydrogen-bond donors (Lipinski definition) is 2. The van der Waals surface area contributed by atoms with Gasteiger partial charge >= 0.3 is 0 Å². The number of hydrogen-bond acceptors (Lipinski definition) is 3. The Kier molecular flexibility index (Phi) is 5.89. The van der Waals surface area contributed by atoms with E-state index in [1.54, 1.807) is 24.3 Å². The third-order valence-corrected chi connectivity index (χ3v) is 2.93. The first-order valence-corrected chi connectivity index (χ1v) is 6.23. The maximum absolute atomic E-state index is 12.1. The van der Waals surface area contributed by atoms with Gasteiger partial charge in [0.25, 0.3) is 0 Å². The van der Waals surface area contributed by atoms with E-state index in [2.05, 4.69) is 11.4 Å². The third kappa shape index (κ3) is 3.86. The van der Waals surface area contributed by atoms with Crippen LogP contribution in [0.1, 0.15) is 31.7 Å². The van der Waals surface area contributed by atoms with Crippen LogP contribution in [0.5, 0.6) is 0 Å². The number of amides is 1. The summed E-state index contributed by atoms with van der Waals surface area (Å²) >= 11 is 0. The van der Waals surface area contributed by atoms with Crippen molar-refractivity contribution in [1.82, 2.24) is 0 Å². The molecule has 96 valence electrons. The summed E-state index contributed by atoms with van der Waals surface area (Å²) in [4.78, 5) is 12.1. The number of anilines is 1. The molecule has 1 aromatic carbocycles. The maximum Gasteiger partial charge on any atom is 0.227 e. The minimum Gasteiger partial charge on any atom is -0.330 e. The number of rotatable bonds is 6. The lowest BCUT2D eigenvalue weighted by atomic mass is 9.99. The number of nitrogens with one attached hydrogen (secondary N) is 1. The van der Waals surface area contributed by atoms with Crippen molar-refractivity contribution in [1.29, 1.82) is 5.26 Å². The molecule has 3 N–H and O–H groups in total. The van der Waals surface area contributed by atoms with E-state index in [-0.39, 0.29) is 11.8 Å². The van der Waals surface area contributed by atoms with Crippen molar-refractivity contribution in [2.24, 2.45) is 11.7 Å². The normalized spacial score (nSPS) is 11.6. The number of benzene rings is 1. The number of nitrogens with two attached hydrogens (primary N) is 1. The van der Waals surface area contributed by atoms with E-state index in [4.69, 9.17) is 11.0 Å². The largest absolute Gasteiger partial charge is 0.330 e. The molecule has 4 heteroatoms. The smallest absolute Gasteiger partial charge is 0.227 e. The summed E-state index contributed by atoms with van der Waals surface area (Å²) in [6, 6.07) is 9.08. The van der Waals surface area contributed by atoms with Crippen LogP contribution in [0.15, 0.2) is 24.3 Å². The van der Waals surface area contributed by atoms with E-state index < -0.39 is 0 Å². The lowest BCUT2D eigenvalue weighted by Crippen LogP contribution is -2.23. The Morgan fingerprint density at radius 1 is 1.50 bits per heavy atom. The van der Waals surface area contributed by atoms with Gasteiger partial charge < -0.3 is 11.1 Å². The van der Waals surface area contributed by atoms with Crippen molar-refractivity contribution < 1.29 is 4.79 Å². The molecule has 0 saturated heterocycles. The summed E-state index contributed by atoms with van der Waals surface area (Å²) in [5.74, 6) is -0.0750. The van der Waals surface area contributed by atoms with Crippen LogP contribution in [0.3, 0.4) is 0 Å². The number of nitrogens with zero attached hydrogens (tertiary/aromatic N) is 1. The van der Waals surface area contributed by atoms with Gasteiger partial charge in [-0.2, -0.15) is 5.26 Å². The van der Waals surface area contributed by atoms with E-state index in [1.807, 2.05) is 6.92 Å². The van der Waals surface area contributed by atoms with Gasteiger partial charge in [0.1, 0.15) is 6.07 Å². The first-order chi connectivity index (χ1) is 8.72. The molecule has 1 rings (SSSR count). The second-order valence-electron chi connectivity index (χ2n) is 4.18. The summed E-state index contributed by atoms with van der Waals surface area (Å²) < 4.78 is 0. The number of nitriles is 1. The minimum absolute atomic E-state index is 0.0337. The Bertz CT molecular complexity index is 437. The number of carbonyl (C=O) groups is 1. The predicted octanol–water partition coefficient (Wildman–Crippen LogP) is 2.26. The van der Waals surface area contributed by atoms with Gasteiger partial charge in [-0.15, -0.1) is 0 Å². The van der Waals surface area contributed by atoms with E-state index in [1.165, 1.54) is 0 Å². The average Bonchev–Trinajstić information content (AvgIpc) is 2.40. The topological polar surface area (TPSA) is 78.9 Å². The second-order valence-corrected chi connectivity index (χ2v) is 4.18. The molecule has 0 aliphatic rings. The highest BCUT2D eigenvalue weighted by atomic mass is 16.1. The standard InChI is InChI=1S/C14H19N3O/c1-2-11(7-5-9-15)14(18)17-13-8-4-3-6-12(13)10-16/h3-4,6,8,11H,2,5,7,9,15H2,1H3,(H,17,18). The first-order valence-electron chi connectivity index (χ1n) is 6.23. The van der Waals surface area contributed by atoms with Crippen molar-refractivity contribution in [3.8, 4) is 6.07 Å². The van der Waals surface area contributed by atoms with Gasteiger partial charge in [0.15, 0.2) is 0 Å². The summed E-state index contributed by atoms with van der Waals surface area (Å²) in [5, 5.41) is 11.8. The number of para-hydroxylation sites is 1. The van der Waals surface area contributed by atoms with Crippen LogP contribution in [0, 0.1) is 17.2 Å². The van der Waals surface area contributed by atoms with Gasteiger partial charge in [-0.3, -0.25) is 4.79 Å². The SMILES string of the molecule is CCC(CCCN)C(=O)Nc1ccccc1C#N. The Morgan fingerprint density at radius 2 is 2.22 bits per heavy atom. The molecule has 0 saturated carbocycles. The monoisotopic (exact) mass is 245 g/mol. The Labute approximate surface area is 108 Å². The first kappa shape index (κ1) is 14.2. The van der Waals surface area contributed by atoms with Crippen LogP contribution in [-0.4, -0.2) is 12.5 Å². The predicted molar refractivity (Wildman–Crippen MR) is 71.9 cm³/mol. The Morgan fingerprint density at radius 3 is 2.83 bits per heavy atom. The van der Waals surface area contributed by atoms with Crippen LogP contribution in [0.2, 0.25) is 0 Å². The van der Waals surface area contributed by atoms with Gasteiger partial charge in [-0.25, -0.2) is 0 Å². The van der Waals surface area contributed by atoms with Crippen LogP contribution in [-0.2, 0) is 4.79 Å². The third-order valence-electron chi connectivity index (χ3n) is 2.93. The van der Waals surface area contributed by atoms with Crippen LogP contribution in [0.25, 0.3) is 0 Å². The molecule has 1 atom stereocenters. The number of carbonyl (C=O) groups excluding carboxylic acids is 1. The lowest BCUT2D eigenvalue weighted by molar-refractivity contribution is -0.120. The van der Waals surface area contributed by atoms with Crippen LogP contribution >= 0.6 is 0 Å². The highest BCUT2D eigenvalue weighted by Gasteiger charge is 2.16. The highest BCUT2D eigenvalue weighted by Crippen LogP contribution is 2.17. The fraction of sp³-hybridized carbons (Fsp3) is 0.429. The van der Waals surface area contributed by atoms with Crippen LogP contribution in [0.4, 0.5) is 5.69 Å². The van der Waals surface area contributed by atoms with Crippen molar-refractivity contribution in [3.05, 3.63) is 29.8 Å². The lowest BCUT2D eigenvalue weighted by Gasteiger charge is -2.15. The molecule has 0 radical (unpaired) electrons. The van der Waals surface area contributed by atoms with Gasteiger partial charge in [0, 0.05) is 5.92 Å².